The van der Waals surface area contributed by atoms with Crippen LogP contribution in [0.5, 0.6) is 11.5 Å². The van der Waals surface area contributed by atoms with Crippen molar-refractivity contribution in [3.05, 3.63) is 69.5 Å². The number of hydrogen-bond acceptors (Lipinski definition) is 11. The molecule has 0 aliphatic rings. The Bertz CT molecular complexity index is 1450. The van der Waals surface area contributed by atoms with Crippen LogP contribution in [0.25, 0.3) is 5.82 Å². The van der Waals surface area contributed by atoms with Crippen LogP contribution >= 0.6 is 15.9 Å². The van der Waals surface area contributed by atoms with Gasteiger partial charge in [0.25, 0.3) is 5.91 Å². The van der Waals surface area contributed by atoms with E-state index in [0.717, 1.165) is 18.7 Å². The molecule has 13 nitrogen and oxygen atoms in total. The zero-order valence-electron chi connectivity index (χ0n) is 22.4. The van der Waals surface area contributed by atoms with Crippen molar-refractivity contribution in [2.75, 3.05) is 25.4 Å². The molecule has 2 heterocycles. The second-order valence-corrected chi connectivity index (χ2v) is 9.32. The third kappa shape index (κ3) is 6.82. The second-order valence-electron chi connectivity index (χ2n) is 8.47. The number of amides is 1. The fourth-order valence-electron chi connectivity index (χ4n) is 3.81. The lowest BCUT2D eigenvalue weighted by Gasteiger charge is -2.16. The number of hydrazone groups is 1. The highest BCUT2D eigenvalue weighted by atomic mass is 79.9. The van der Waals surface area contributed by atoms with Gasteiger partial charge in [-0.25, -0.2) is 10.1 Å². The van der Waals surface area contributed by atoms with Gasteiger partial charge in [-0.05, 0) is 69.5 Å². The first-order valence-corrected chi connectivity index (χ1v) is 13.5. The molecule has 2 aromatic carbocycles. The maximum Gasteiger partial charge on any atom is 0.292 e. The van der Waals surface area contributed by atoms with Crippen molar-refractivity contribution in [2.24, 2.45) is 5.10 Å². The van der Waals surface area contributed by atoms with Crippen LogP contribution < -0.4 is 20.6 Å². The number of rotatable bonds is 13. The number of benzene rings is 2. The van der Waals surface area contributed by atoms with Crippen molar-refractivity contribution in [1.82, 2.24) is 35.6 Å². The van der Waals surface area contributed by atoms with Gasteiger partial charge in [0.15, 0.2) is 17.2 Å². The summed E-state index contributed by atoms with van der Waals surface area (Å²) >= 11 is 3.57. The number of anilines is 1. The van der Waals surface area contributed by atoms with E-state index in [-0.39, 0.29) is 17.3 Å². The number of nitrogens with one attached hydrogen (secondary N) is 1. The molecule has 0 saturated heterocycles. The lowest BCUT2D eigenvalue weighted by molar-refractivity contribution is 0.0945. The number of halogens is 1. The summed E-state index contributed by atoms with van der Waals surface area (Å²) in [6.07, 6.45) is 1.50. The normalized spacial score (nSPS) is 11.3. The summed E-state index contributed by atoms with van der Waals surface area (Å²) in [4.78, 5) is 15.4. The Morgan fingerprint density at radius 2 is 1.95 bits per heavy atom. The van der Waals surface area contributed by atoms with E-state index in [1.807, 2.05) is 57.2 Å². The van der Waals surface area contributed by atoms with Gasteiger partial charge in [-0.15, -0.1) is 5.10 Å². The minimum absolute atomic E-state index is 0.0280. The SMILES string of the molecule is CCOc1cc(/C=N/NC(=O)c2c(CN(CC)CC)nnn2-c2nonc2N)cc(Br)c1OCc1ccccc1. The smallest absolute Gasteiger partial charge is 0.292 e. The Morgan fingerprint density at radius 1 is 1.18 bits per heavy atom. The van der Waals surface area contributed by atoms with Crippen LogP contribution in [0.15, 0.2) is 56.7 Å². The van der Waals surface area contributed by atoms with E-state index in [9.17, 15) is 4.79 Å². The second kappa shape index (κ2) is 13.7. The van der Waals surface area contributed by atoms with Crippen LogP contribution in [0.2, 0.25) is 0 Å². The van der Waals surface area contributed by atoms with E-state index in [1.54, 1.807) is 6.07 Å². The fourth-order valence-corrected chi connectivity index (χ4v) is 4.38. The van der Waals surface area contributed by atoms with Gasteiger partial charge in [-0.2, -0.15) is 9.78 Å². The Kier molecular flexibility index (Phi) is 9.81. The van der Waals surface area contributed by atoms with Crippen LogP contribution in [0.4, 0.5) is 5.82 Å². The van der Waals surface area contributed by atoms with Crippen molar-refractivity contribution in [3.8, 4) is 17.3 Å². The van der Waals surface area contributed by atoms with Crippen molar-refractivity contribution >= 4 is 33.9 Å². The van der Waals surface area contributed by atoms with Gasteiger partial charge in [-0.3, -0.25) is 9.69 Å². The number of aromatic nitrogens is 5. The molecule has 1 amide bonds. The molecular weight excluding hydrogens is 582 g/mol. The van der Waals surface area contributed by atoms with Gasteiger partial charge < -0.3 is 15.2 Å². The van der Waals surface area contributed by atoms with Crippen LogP contribution in [-0.2, 0) is 13.2 Å². The predicted molar refractivity (Wildman–Crippen MR) is 151 cm³/mol. The molecule has 0 unspecified atom stereocenters. The average molecular weight is 612 g/mol. The number of carbonyl (C=O) groups excluding carboxylic acids is 1. The van der Waals surface area contributed by atoms with Crippen molar-refractivity contribution in [2.45, 2.75) is 33.9 Å². The highest BCUT2D eigenvalue weighted by Crippen LogP contribution is 2.37. The van der Waals surface area contributed by atoms with Gasteiger partial charge in [-0.1, -0.05) is 49.4 Å². The number of nitrogen functional groups attached to an aromatic ring is 1. The van der Waals surface area contributed by atoms with E-state index in [2.05, 4.69) is 56.6 Å². The predicted octanol–water partition coefficient (Wildman–Crippen LogP) is 3.58. The first kappa shape index (κ1) is 28.7. The molecule has 0 spiro atoms. The van der Waals surface area contributed by atoms with Crippen LogP contribution in [0.3, 0.4) is 0 Å². The lowest BCUT2D eigenvalue weighted by atomic mass is 10.2. The molecule has 0 bridgehead atoms. The monoisotopic (exact) mass is 611 g/mol. The Morgan fingerprint density at radius 3 is 2.62 bits per heavy atom. The highest BCUT2D eigenvalue weighted by Gasteiger charge is 2.25. The first-order chi connectivity index (χ1) is 19.4. The third-order valence-corrected chi connectivity index (χ3v) is 6.45. The third-order valence-electron chi connectivity index (χ3n) is 5.86. The van der Waals surface area contributed by atoms with Crippen molar-refractivity contribution < 1.29 is 18.9 Å². The quantitative estimate of drug-likeness (QED) is 0.169. The van der Waals surface area contributed by atoms with E-state index < -0.39 is 5.91 Å². The van der Waals surface area contributed by atoms with Gasteiger partial charge in [0.1, 0.15) is 12.3 Å². The largest absolute Gasteiger partial charge is 0.490 e. The van der Waals surface area contributed by atoms with E-state index in [0.29, 0.717) is 47.0 Å². The lowest BCUT2D eigenvalue weighted by Crippen LogP contribution is -2.27. The zero-order chi connectivity index (χ0) is 28.5. The number of carbonyl (C=O) groups is 1. The number of nitrogens with two attached hydrogens (primary N) is 1. The van der Waals surface area contributed by atoms with Gasteiger partial charge in [0.2, 0.25) is 11.6 Å². The Labute approximate surface area is 239 Å². The molecule has 40 heavy (non-hydrogen) atoms. The summed E-state index contributed by atoms with van der Waals surface area (Å²) < 4.78 is 18.4. The topological polar surface area (TPSA) is 159 Å². The van der Waals surface area contributed by atoms with E-state index in [1.165, 1.54) is 10.9 Å². The van der Waals surface area contributed by atoms with Gasteiger partial charge in [0, 0.05) is 6.54 Å². The molecule has 0 aliphatic heterocycles. The van der Waals surface area contributed by atoms with Crippen molar-refractivity contribution in [1.29, 1.82) is 0 Å². The summed E-state index contributed by atoms with van der Waals surface area (Å²) in [5.41, 5.74) is 10.6. The van der Waals surface area contributed by atoms with Gasteiger partial charge >= 0.3 is 0 Å². The summed E-state index contributed by atoms with van der Waals surface area (Å²) in [5, 5.41) is 19.7. The summed E-state index contributed by atoms with van der Waals surface area (Å²) in [5.74, 6) is 0.585. The molecule has 0 saturated carbocycles. The zero-order valence-corrected chi connectivity index (χ0v) is 24.0. The maximum atomic E-state index is 13.3. The maximum absolute atomic E-state index is 13.3. The van der Waals surface area contributed by atoms with E-state index >= 15 is 0 Å². The standard InChI is InChI=1S/C26H30BrN9O4/c1-4-35(5-2)15-20-22(36(34-30-20)25-24(28)32-40-33-25)26(37)31-29-14-18-12-19(27)23(21(13-18)38-6-3)39-16-17-10-8-7-9-11-17/h7-14H,4-6,15-16H2,1-3H3,(H2,28,32)(H,31,37)/b29-14+. The molecular formula is C26H30BrN9O4. The molecule has 3 N–H and O–H groups in total. The Hall–Kier alpha value is -4.30. The molecule has 210 valence electrons. The van der Waals surface area contributed by atoms with Crippen LogP contribution in [-0.4, -0.2) is 62.0 Å². The molecule has 0 aliphatic carbocycles. The molecule has 2 aromatic heterocycles. The highest BCUT2D eigenvalue weighted by molar-refractivity contribution is 9.10. The minimum atomic E-state index is -0.558. The molecule has 0 atom stereocenters. The molecule has 4 aromatic rings. The summed E-state index contributed by atoms with van der Waals surface area (Å²) in [6.45, 7) is 8.66. The summed E-state index contributed by atoms with van der Waals surface area (Å²) in [6, 6.07) is 13.4. The van der Waals surface area contributed by atoms with Gasteiger partial charge in [0.05, 0.1) is 17.3 Å². The summed E-state index contributed by atoms with van der Waals surface area (Å²) in [7, 11) is 0. The molecule has 14 heteroatoms. The fraction of sp³-hybridized carbons (Fsp3) is 0.308. The molecule has 4 rings (SSSR count). The van der Waals surface area contributed by atoms with E-state index in [4.69, 9.17) is 15.2 Å². The Balaban J connectivity index is 1.55. The molecule has 0 fully saturated rings. The number of hydrogen-bond donors (Lipinski definition) is 2. The minimum Gasteiger partial charge on any atom is -0.490 e. The van der Waals surface area contributed by atoms with Crippen LogP contribution in [0, 0.1) is 0 Å². The van der Waals surface area contributed by atoms with Crippen LogP contribution in [0.1, 0.15) is 48.1 Å². The number of ether oxygens (including phenoxy) is 2. The number of nitrogens with zero attached hydrogens (tertiary/aromatic N) is 7. The van der Waals surface area contributed by atoms with Crippen molar-refractivity contribution in [3.63, 3.8) is 0 Å². The average Bonchev–Trinajstić information content (AvgIpc) is 3.57. The molecule has 0 radical (unpaired) electrons. The first-order valence-electron chi connectivity index (χ1n) is 12.7.